The summed E-state index contributed by atoms with van der Waals surface area (Å²) in [5.41, 5.74) is 2.03. The molecule has 0 saturated carbocycles. The average molecular weight is 301 g/mol. The zero-order valence-electron chi connectivity index (χ0n) is 12.7. The predicted molar refractivity (Wildman–Crippen MR) is 85.8 cm³/mol. The maximum atomic E-state index is 11.8. The van der Waals surface area contributed by atoms with E-state index in [1.165, 1.54) is 0 Å². The molecule has 1 aromatic carbocycles. The third kappa shape index (κ3) is 6.37. The fraction of sp³-hybridized carbons (Fsp3) is 0.533. The van der Waals surface area contributed by atoms with Crippen molar-refractivity contribution in [1.82, 2.24) is 5.32 Å². The molecule has 114 valence electrons. The van der Waals surface area contributed by atoms with Crippen molar-refractivity contribution in [2.45, 2.75) is 26.2 Å². The molecule has 0 fully saturated rings. The summed E-state index contributed by atoms with van der Waals surface area (Å²) in [6.45, 7) is 7.97. The summed E-state index contributed by atoms with van der Waals surface area (Å²) < 4.78 is 4.91. The van der Waals surface area contributed by atoms with Crippen molar-refractivity contribution in [3.05, 3.63) is 29.8 Å². The fourth-order valence-electron chi connectivity index (χ4n) is 1.82. The Morgan fingerprint density at radius 1 is 1.25 bits per heavy atom. The summed E-state index contributed by atoms with van der Waals surface area (Å²) in [5, 5.41) is 5.98. The second-order valence-corrected chi connectivity index (χ2v) is 5.51. The topological polar surface area (TPSA) is 50.4 Å². The molecule has 0 saturated heterocycles. The van der Waals surface area contributed by atoms with E-state index in [4.69, 9.17) is 4.74 Å². The molecule has 0 aromatic heterocycles. The van der Waals surface area contributed by atoms with Crippen LogP contribution in [0.15, 0.2) is 24.3 Å². The zero-order valence-corrected chi connectivity index (χ0v) is 13.5. The number of hydrogen-bond acceptors (Lipinski definition) is 3. The van der Waals surface area contributed by atoms with Gasteiger partial charge in [0.15, 0.2) is 0 Å². The van der Waals surface area contributed by atoms with E-state index in [9.17, 15) is 4.79 Å². The summed E-state index contributed by atoms with van der Waals surface area (Å²) in [6.07, 6.45) is 0. The maximum absolute atomic E-state index is 11.8. The van der Waals surface area contributed by atoms with Crippen LogP contribution in [0.5, 0.6) is 0 Å². The van der Waals surface area contributed by atoms with Crippen molar-refractivity contribution in [3.63, 3.8) is 0 Å². The van der Waals surface area contributed by atoms with E-state index >= 15 is 0 Å². The van der Waals surface area contributed by atoms with E-state index < -0.39 is 0 Å². The molecule has 0 aliphatic carbocycles. The number of methoxy groups -OCH3 is 1. The number of nitrogens with one attached hydrogen (secondary N) is 2. The lowest BCUT2D eigenvalue weighted by Gasteiger charge is -2.23. The molecule has 0 aliphatic rings. The molecule has 0 heterocycles. The highest BCUT2D eigenvalue weighted by molar-refractivity contribution is 5.93. The van der Waals surface area contributed by atoms with Crippen LogP contribution in [0.3, 0.4) is 0 Å². The first kappa shape index (κ1) is 18.9. The molecule has 1 rings (SSSR count). The van der Waals surface area contributed by atoms with Crippen LogP contribution in [-0.2, 0) is 14.9 Å². The van der Waals surface area contributed by atoms with Gasteiger partial charge < -0.3 is 15.4 Å². The molecule has 1 aromatic rings. The van der Waals surface area contributed by atoms with Crippen molar-refractivity contribution < 1.29 is 9.53 Å². The molecule has 0 unspecified atom stereocenters. The Morgan fingerprint density at radius 3 is 2.50 bits per heavy atom. The van der Waals surface area contributed by atoms with Crippen LogP contribution in [-0.4, -0.2) is 32.7 Å². The first-order valence-electron chi connectivity index (χ1n) is 6.54. The SMILES string of the molecule is COCCNCC(=O)Nc1ccccc1C(C)(C)C.Cl. The molecule has 0 aliphatic heterocycles. The van der Waals surface area contributed by atoms with E-state index in [1.54, 1.807) is 7.11 Å². The minimum Gasteiger partial charge on any atom is -0.383 e. The van der Waals surface area contributed by atoms with Crippen LogP contribution < -0.4 is 10.6 Å². The number of benzene rings is 1. The van der Waals surface area contributed by atoms with Gasteiger partial charge in [-0.1, -0.05) is 39.0 Å². The number of amides is 1. The molecule has 0 atom stereocenters. The first-order valence-corrected chi connectivity index (χ1v) is 6.54. The normalized spacial score (nSPS) is 10.8. The maximum Gasteiger partial charge on any atom is 0.238 e. The highest BCUT2D eigenvalue weighted by atomic mass is 35.5. The number of carbonyl (C=O) groups is 1. The van der Waals surface area contributed by atoms with Crippen molar-refractivity contribution in [1.29, 1.82) is 0 Å². The lowest BCUT2D eigenvalue weighted by molar-refractivity contribution is -0.115. The Balaban J connectivity index is 0.00000361. The quantitative estimate of drug-likeness (QED) is 0.794. The number of anilines is 1. The zero-order chi connectivity index (χ0) is 14.3. The Hall–Kier alpha value is -1.10. The summed E-state index contributed by atoms with van der Waals surface area (Å²) in [5.74, 6) is -0.0344. The van der Waals surface area contributed by atoms with Crippen LogP contribution in [0.4, 0.5) is 5.69 Å². The Kier molecular flexibility index (Phi) is 8.46. The highest BCUT2D eigenvalue weighted by Crippen LogP contribution is 2.28. The van der Waals surface area contributed by atoms with Crippen LogP contribution in [0.25, 0.3) is 0 Å². The number of rotatable bonds is 6. The van der Waals surface area contributed by atoms with E-state index in [2.05, 4.69) is 31.4 Å². The minimum absolute atomic E-state index is 0. The fourth-order valence-corrected chi connectivity index (χ4v) is 1.82. The molecular formula is C15H25ClN2O2. The van der Waals surface area contributed by atoms with Crippen molar-refractivity contribution in [2.24, 2.45) is 0 Å². The van der Waals surface area contributed by atoms with E-state index in [0.717, 1.165) is 11.3 Å². The monoisotopic (exact) mass is 300 g/mol. The van der Waals surface area contributed by atoms with Crippen LogP contribution in [0, 0.1) is 0 Å². The second kappa shape index (κ2) is 8.95. The molecule has 4 nitrogen and oxygen atoms in total. The van der Waals surface area contributed by atoms with Gasteiger partial charge in [-0.3, -0.25) is 4.79 Å². The number of para-hydroxylation sites is 1. The third-order valence-corrected chi connectivity index (χ3v) is 2.78. The standard InChI is InChI=1S/C15H24N2O2.ClH/c1-15(2,3)12-7-5-6-8-13(12)17-14(18)11-16-9-10-19-4;/h5-8,16H,9-11H2,1-4H3,(H,17,18);1H. The number of ether oxygens (including phenoxy) is 1. The second-order valence-electron chi connectivity index (χ2n) is 5.51. The van der Waals surface area contributed by atoms with Gasteiger partial charge in [-0.15, -0.1) is 12.4 Å². The summed E-state index contributed by atoms with van der Waals surface area (Å²) in [6, 6.07) is 7.91. The Morgan fingerprint density at radius 2 is 1.90 bits per heavy atom. The molecule has 20 heavy (non-hydrogen) atoms. The van der Waals surface area contributed by atoms with Gasteiger partial charge in [0.2, 0.25) is 5.91 Å². The van der Waals surface area contributed by atoms with Crippen LogP contribution in [0.2, 0.25) is 0 Å². The van der Waals surface area contributed by atoms with Crippen LogP contribution in [0.1, 0.15) is 26.3 Å². The molecule has 0 spiro atoms. The molecule has 5 heteroatoms. The minimum atomic E-state index is -0.0344. The first-order chi connectivity index (χ1) is 8.95. The van der Waals surface area contributed by atoms with Crippen molar-refractivity contribution >= 4 is 24.0 Å². The van der Waals surface area contributed by atoms with Gasteiger partial charge in [-0.2, -0.15) is 0 Å². The Bertz CT molecular complexity index is 417. The van der Waals surface area contributed by atoms with Gasteiger partial charge in [-0.25, -0.2) is 0 Å². The van der Waals surface area contributed by atoms with Gasteiger partial charge in [0.25, 0.3) is 0 Å². The summed E-state index contributed by atoms with van der Waals surface area (Å²) in [7, 11) is 1.64. The van der Waals surface area contributed by atoms with E-state index in [0.29, 0.717) is 19.7 Å². The lowest BCUT2D eigenvalue weighted by Crippen LogP contribution is -2.31. The molecule has 0 radical (unpaired) electrons. The van der Waals surface area contributed by atoms with Gasteiger partial charge in [-0.05, 0) is 17.0 Å². The van der Waals surface area contributed by atoms with Gasteiger partial charge >= 0.3 is 0 Å². The molecule has 2 N–H and O–H groups in total. The van der Waals surface area contributed by atoms with Crippen molar-refractivity contribution in [3.8, 4) is 0 Å². The molecule has 0 bridgehead atoms. The molecule has 1 amide bonds. The number of hydrogen-bond donors (Lipinski definition) is 2. The lowest BCUT2D eigenvalue weighted by atomic mass is 9.86. The van der Waals surface area contributed by atoms with Crippen LogP contribution >= 0.6 is 12.4 Å². The smallest absolute Gasteiger partial charge is 0.238 e. The van der Waals surface area contributed by atoms with E-state index in [-0.39, 0.29) is 23.7 Å². The Labute approximate surface area is 127 Å². The van der Waals surface area contributed by atoms with E-state index in [1.807, 2.05) is 24.3 Å². The predicted octanol–water partition coefficient (Wildman–Crippen LogP) is 2.58. The largest absolute Gasteiger partial charge is 0.383 e. The highest BCUT2D eigenvalue weighted by Gasteiger charge is 2.18. The average Bonchev–Trinajstić information content (AvgIpc) is 2.34. The van der Waals surface area contributed by atoms with Gasteiger partial charge in [0.1, 0.15) is 0 Å². The number of carbonyl (C=O) groups excluding carboxylic acids is 1. The van der Waals surface area contributed by atoms with Gasteiger partial charge in [0, 0.05) is 19.3 Å². The van der Waals surface area contributed by atoms with Gasteiger partial charge in [0.05, 0.1) is 13.2 Å². The summed E-state index contributed by atoms with van der Waals surface area (Å²) in [4.78, 5) is 11.8. The summed E-state index contributed by atoms with van der Waals surface area (Å²) >= 11 is 0. The number of halogens is 1. The van der Waals surface area contributed by atoms with Crippen molar-refractivity contribution in [2.75, 3.05) is 32.1 Å². The third-order valence-electron chi connectivity index (χ3n) is 2.78. The molecular weight excluding hydrogens is 276 g/mol.